The van der Waals surface area contributed by atoms with Gasteiger partial charge in [0.15, 0.2) is 0 Å². The number of hydrogen-bond donors (Lipinski definition) is 0. The average Bonchev–Trinajstić information content (AvgIpc) is 2.96. The number of carbonyl (C=O) groups excluding carboxylic acids is 1. The van der Waals surface area contributed by atoms with Crippen LogP contribution in [0.5, 0.6) is 0 Å². The fourth-order valence-electron chi connectivity index (χ4n) is 6.34. The maximum atomic E-state index is 14.9. The van der Waals surface area contributed by atoms with Crippen molar-refractivity contribution >= 4 is 27.7 Å². The molecule has 2 aliphatic heterocycles. The maximum Gasteiger partial charge on any atom is 0.409 e. The molecule has 0 bridgehead atoms. The average molecular weight is 596 g/mol. The van der Waals surface area contributed by atoms with Gasteiger partial charge in [-0.15, -0.1) is 0 Å². The van der Waals surface area contributed by atoms with Crippen molar-refractivity contribution in [1.82, 2.24) is 14.1 Å². The van der Waals surface area contributed by atoms with Crippen LogP contribution in [-0.2, 0) is 14.8 Å². The smallest absolute Gasteiger partial charge is 0.409 e. The van der Waals surface area contributed by atoms with Crippen molar-refractivity contribution in [3.8, 4) is 0 Å². The topological polar surface area (TPSA) is 70.2 Å². The predicted octanol–water partition coefficient (Wildman–Crippen LogP) is 5.99. The van der Waals surface area contributed by atoms with Crippen LogP contribution in [0.4, 0.5) is 13.6 Å². The molecule has 7 nitrogen and oxygen atoms in total. The summed E-state index contributed by atoms with van der Waals surface area (Å²) in [5.74, 6) is -1.55. The lowest BCUT2D eigenvalue weighted by molar-refractivity contribution is 0.0380. The van der Waals surface area contributed by atoms with E-state index in [0.29, 0.717) is 43.4 Å². The van der Waals surface area contributed by atoms with Gasteiger partial charge in [0.25, 0.3) is 0 Å². The lowest BCUT2D eigenvalue weighted by Gasteiger charge is -2.42. The van der Waals surface area contributed by atoms with Gasteiger partial charge in [0.05, 0.1) is 17.0 Å². The Labute approximate surface area is 240 Å². The number of amides is 1. The van der Waals surface area contributed by atoms with Crippen LogP contribution < -0.4 is 0 Å². The van der Waals surface area contributed by atoms with E-state index in [9.17, 15) is 22.0 Å². The van der Waals surface area contributed by atoms with Gasteiger partial charge in [-0.1, -0.05) is 36.9 Å². The Morgan fingerprint density at radius 3 is 2.27 bits per heavy atom. The number of sulfonamides is 1. The molecule has 0 aromatic heterocycles. The molecule has 0 spiro atoms. The second kappa shape index (κ2) is 12.7. The Morgan fingerprint density at radius 1 is 0.900 bits per heavy atom. The fraction of sp³-hybridized carbons (Fsp3) is 0.552. The zero-order valence-corrected chi connectivity index (χ0v) is 24.1. The monoisotopic (exact) mass is 595 g/mol. The summed E-state index contributed by atoms with van der Waals surface area (Å²) in [4.78, 5) is 17.2. The van der Waals surface area contributed by atoms with Crippen LogP contribution in [0.25, 0.3) is 0 Å². The SMILES string of the molecule is O=C(OC[C@H]1CCC[C@@H](c2ccc(F)cc2F)N1S(=O)(=O)c1ccc(Cl)cc1)N1CCN(C2CCCCC2)CC1. The number of nitrogens with zero attached hydrogens (tertiary/aromatic N) is 3. The summed E-state index contributed by atoms with van der Waals surface area (Å²) < 4.78 is 63.4. The number of benzene rings is 2. The van der Waals surface area contributed by atoms with Gasteiger partial charge in [-0.05, 0) is 62.4 Å². The van der Waals surface area contributed by atoms with Crippen molar-refractivity contribution in [2.75, 3.05) is 32.8 Å². The summed E-state index contributed by atoms with van der Waals surface area (Å²) in [5, 5.41) is 0.382. The van der Waals surface area contributed by atoms with Crippen LogP contribution in [0.3, 0.4) is 0 Å². The summed E-state index contributed by atoms with van der Waals surface area (Å²) in [6, 6.07) is 7.94. The first kappa shape index (κ1) is 29.2. The van der Waals surface area contributed by atoms with Gasteiger partial charge in [0.1, 0.15) is 18.2 Å². The number of piperidine rings is 1. The van der Waals surface area contributed by atoms with Crippen molar-refractivity contribution in [3.05, 3.63) is 64.7 Å². The summed E-state index contributed by atoms with van der Waals surface area (Å²) >= 11 is 5.99. The molecule has 40 heavy (non-hydrogen) atoms. The Bertz CT molecular complexity index is 1280. The first-order chi connectivity index (χ1) is 19.2. The van der Waals surface area contributed by atoms with Gasteiger partial charge in [-0.25, -0.2) is 22.0 Å². The van der Waals surface area contributed by atoms with Gasteiger partial charge in [-0.3, -0.25) is 4.90 Å². The largest absolute Gasteiger partial charge is 0.448 e. The Balaban J connectivity index is 1.32. The van der Waals surface area contributed by atoms with Crippen LogP contribution in [0.15, 0.2) is 47.4 Å². The molecule has 0 unspecified atom stereocenters. The minimum atomic E-state index is -4.14. The highest BCUT2D eigenvalue weighted by molar-refractivity contribution is 7.89. The summed E-state index contributed by atoms with van der Waals surface area (Å²) in [6.07, 6.45) is 7.14. The van der Waals surface area contributed by atoms with Gasteiger partial charge >= 0.3 is 6.09 Å². The van der Waals surface area contributed by atoms with E-state index in [1.54, 1.807) is 4.90 Å². The van der Waals surface area contributed by atoms with E-state index >= 15 is 0 Å². The summed E-state index contributed by atoms with van der Waals surface area (Å²) in [5.41, 5.74) is 0.0915. The first-order valence-electron chi connectivity index (χ1n) is 14.1. The predicted molar refractivity (Wildman–Crippen MR) is 149 cm³/mol. The number of carbonyl (C=O) groups is 1. The molecule has 1 aliphatic carbocycles. The van der Waals surface area contributed by atoms with Gasteiger partial charge < -0.3 is 9.64 Å². The molecule has 2 heterocycles. The van der Waals surface area contributed by atoms with Crippen LogP contribution >= 0.6 is 11.6 Å². The van der Waals surface area contributed by atoms with E-state index in [2.05, 4.69) is 4.90 Å². The minimum Gasteiger partial charge on any atom is -0.448 e. The minimum absolute atomic E-state index is 0.00137. The molecule has 3 aliphatic rings. The molecule has 0 N–H and O–H groups in total. The summed E-state index contributed by atoms with van der Waals surface area (Å²) in [7, 11) is -4.14. The Hall–Kier alpha value is -2.27. The second-order valence-electron chi connectivity index (χ2n) is 10.9. The second-order valence-corrected chi connectivity index (χ2v) is 13.2. The van der Waals surface area contributed by atoms with Crippen molar-refractivity contribution in [2.45, 2.75) is 74.4 Å². The number of piperazine rings is 1. The number of hydrogen-bond acceptors (Lipinski definition) is 5. The standard InChI is InChI=1S/C29H36ClF2N3O4S/c30-21-9-12-25(13-10-21)40(37,38)35-24(7-4-8-28(35)26-14-11-22(31)19-27(26)32)20-39-29(36)34-17-15-33(16-18-34)23-5-2-1-3-6-23/h9-14,19,23-24,28H,1-8,15-18,20H2/t24-,28+/m1/s1. The molecule has 0 radical (unpaired) electrons. The molecule has 11 heteroatoms. The molecule has 3 fully saturated rings. The zero-order valence-electron chi connectivity index (χ0n) is 22.5. The molecule has 2 aromatic carbocycles. The van der Waals surface area contributed by atoms with Crippen LogP contribution in [0.1, 0.15) is 63.0 Å². The van der Waals surface area contributed by atoms with E-state index in [-0.39, 0.29) is 17.1 Å². The Morgan fingerprint density at radius 2 is 1.60 bits per heavy atom. The number of rotatable bonds is 6. The fourth-order valence-corrected chi connectivity index (χ4v) is 8.31. The quantitative estimate of drug-likeness (QED) is 0.410. The molecule has 5 rings (SSSR count). The van der Waals surface area contributed by atoms with Gasteiger partial charge in [-0.2, -0.15) is 4.31 Å². The molecule has 1 amide bonds. The van der Waals surface area contributed by atoms with Crippen LogP contribution in [0.2, 0.25) is 5.02 Å². The highest BCUT2D eigenvalue weighted by Gasteiger charge is 2.42. The van der Waals surface area contributed by atoms with Crippen LogP contribution in [0, 0.1) is 11.6 Å². The third-order valence-corrected chi connectivity index (χ3v) is 10.7. The van der Waals surface area contributed by atoms with E-state index in [0.717, 1.165) is 25.2 Å². The van der Waals surface area contributed by atoms with Crippen LogP contribution in [-0.4, -0.2) is 73.5 Å². The highest BCUT2D eigenvalue weighted by atomic mass is 35.5. The van der Waals surface area contributed by atoms with Crippen molar-refractivity contribution in [1.29, 1.82) is 0 Å². The summed E-state index contributed by atoms with van der Waals surface area (Å²) in [6.45, 7) is 2.57. The molecule has 1 saturated carbocycles. The third-order valence-electron chi connectivity index (χ3n) is 8.46. The van der Waals surface area contributed by atoms with E-state index < -0.39 is 39.8 Å². The van der Waals surface area contributed by atoms with Crippen molar-refractivity contribution < 1.29 is 26.7 Å². The molecular weight excluding hydrogens is 560 g/mol. The van der Waals surface area contributed by atoms with Gasteiger partial charge in [0, 0.05) is 48.9 Å². The molecule has 218 valence electrons. The highest BCUT2D eigenvalue weighted by Crippen LogP contribution is 2.40. The maximum absolute atomic E-state index is 14.9. The van der Waals surface area contributed by atoms with Crippen molar-refractivity contribution in [3.63, 3.8) is 0 Å². The third kappa shape index (κ3) is 6.45. The Kier molecular flexibility index (Phi) is 9.29. The zero-order chi connectivity index (χ0) is 28.3. The number of ether oxygens (including phenoxy) is 1. The van der Waals surface area contributed by atoms with E-state index in [1.165, 1.54) is 66.7 Å². The van der Waals surface area contributed by atoms with E-state index in [4.69, 9.17) is 16.3 Å². The van der Waals surface area contributed by atoms with Gasteiger partial charge in [0.2, 0.25) is 10.0 Å². The molecular formula is C29H36ClF2N3O4S. The molecule has 2 atom stereocenters. The van der Waals surface area contributed by atoms with Crippen molar-refractivity contribution in [2.24, 2.45) is 0 Å². The normalized spacial score (nSPS) is 23.7. The molecule has 2 saturated heterocycles. The number of halogens is 3. The van der Waals surface area contributed by atoms with E-state index in [1.807, 2.05) is 0 Å². The lowest BCUT2D eigenvalue weighted by Crippen LogP contribution is -2.53. The molecule has 2 aromatic rings. The lowest BCUT2D eigenvalue weighted by atomic mass is 9.93. The first-order valence-corrected chi connectivity index (χ1v) is 16.0.